The molecule has 0 radical (unpaired) electrons. The molecule has 0 saturated carbocycles. The van der Waals surface area contributed by atoms with Crippen LogP contribution in [0.4, 0.5) is 11.5 Å². The lowest BCUT2D eigenvalue weighted by atomic mass is 9.98. The van der Waals surface area contributed by atoms with Crippen molar-refractivity contribution in [3.8, 4) is 22.8 Å². The lowest BCUT2D eigenvalue weighted by Crippen LogP contribution is -2.00. The van der Waals surface area contributed by atoms with Gasteiger partial charge in [0.1, 0.15) is 17.3 Å². The van der Waals surface area contributed by atoms with E-state index in [1.165, 1.54) is 6.21 Å². The number of nitrogens with two attached hydrogens (primary N) is 2. The smallest absolute Gasteiger partial charge is 0.160 e. The summed E-state index contributed by atoms with van der Waals surface area (Å²) in [5.41, 5.74) is 16.2. The first-order valence-corrected chi connectivity index (χ1v) is 8.91. The lowest BCUT2D eigenvalue weighted by Gasteiger charge is -2.12. The maximum atomic E-state index is 11.8. The molecule has 2 aromatic carbocycles. The number of ether oxygens (including phenoxy) is 1. The predicted molar refractivity (Wildman–Crippen MR) is 112 cm³/mol. The first-order valence-electron chi connectivity index (χ1n) is 8.91. The Morgan fingerprint density at radius 3 is 2.54 bits per heavy atom. The molecular weight excluding hydrogens is 352 g/mol. The van der Waals surface area contributed by atoms with Crippen LogP contribution in [0.15, 0.2) is 48.5 Å². The average molecular weight is 374 g/mol. The number of hydrogen-bond acceptors (Lipinski definition) is 6. The summed E-state index contributed by atoms with van der Waals surface area (Å²) in [5.74, 6) is 1.43. The van der Waals surface area contributed by atoms with Gasteiger partial charge in [-0.1, -0.05) is 19.1 Å². The van der Waals surface area contributed by atoms with Gasteiger partial charge in [-0.15, -0.1) is 0 Å². The van der Waals surface area contributed by atoms with E-state index in [1.807, 2.05) is 25.1 Å². The van der Waals surface area contributed by atoms with Gasteiger partial charge in [0.2, 0.25) is 0 Å². The molecule has 0 fully saturated rings. The number of carbonyl (C=O) groups is 1. The lowest BCUT2D eigenvalue weighted by molar-refractivity contribution is 0.101. The Labute approximate surface area is 163 Å². The van der Waals surface area contributed by atoms with Gasteiger partial charge in [-0.3, -0.25) is 4.79 Å². The highest BCUT2D eigenvalue weighted by Gasteiger charge is 2.11. The van der Waals surface area contributed by atoms with Crippen molar-refractivity contribution in [1.82, 2.24) is 4.98 Å². The molecule has 0 bridgehead atoms. The van der Waals surface area contributed by atoms with E-state index in [9.17, 15) is 4.79 Å². The van der Waals surface area contributed by atoms with Crippen molar-refractivity contribution in [2.24, 2.45) is 0 Å². The van der Waals surface area contributed by atoms with Crippen molar-refractivity contribution in [2.45, 2.75) is 20.3 Å². The van der Waals surface area contributed by atoms with Gasteiger partial charge in [0.05, 0.1) is 5.69 Å². The molecule has 142 valence electrons. The number of pyridine rings is 1. The minimum absolute atomic E-state index is 0.0407. The number of nitrogen functional groups attached to an aromatic ring is 2. The number of hydrogen-bond donors (Lipinski definition) is 3. The van der Waals surface area contributed by atoms with Crippen molar-refractivity contribution in [3.63, 3.8) is 0 Å². The van der Waals surface area contributed by atoms with Gasteiger partial charge in [-0.2, -0.15) is 0 Å². The molecule has 0 saturated heterocycles. The van der Waals surface area contributed by atoms with Gasteiger partial charge < -0.3 is 21.6 Å². The average Bonchev–Trinajstić information content (AvgIpc) is 2.67. The fraction of sp³-hybridized carbons (Fsp3) is 0.136. The summed E-state index contributed by atoms with van der Waals surface area (Å²) in [5, 5.41) is 7.31. The minimum atomic E-state index is 0.0407. The summed E-state index contributed by atoms with van der Waals surface area (Å²) in [7, 11) is 0. The fourth-order valence-corrected chi connectivity index (χ4v) is 3.01. The molecule has 1 aromatic heterocycles. The summed E-state index contributed by atoms with van der Waals surface area (Å²) >= 11 is 0. The van der Waals surface area contributed by atoms with Crippen LogP contribution in [-0.2, 0) is 6.42 Å². The van der Waals surface area contributed by atoms with Crippen LogP contribution in [-0.4, -0.2) is 17.0 Å². The van der Waals surface area contributed by atoms with Crippen LogP contribution in [0.2, 0.25) is 0 Å². The third kappa shape index (κ3) is 4.01. The molecule has 1 heterocycles. The normalized spacial score (nSPS) is 10.5. The zero-order chi connectivity index (χ0) is 20.3. The summed E-state index contributed by atoms with van der Waals surface area (Å²) < 4.78 is 5.89. The molecule has 6 heteroatoms. The first-order chi connectivity index (χ1) is 13.4. The van der Waals surface area contributed by atoms with Crippen molar-refractivity contribution >= 4 is 23.5 Å². The van der Waals surface area contributed by atoms with E-state index in [0.717, 1.165) is 17.5 Å². The Balaban J connectivity index is 1.97. The summed E-state index contributed by atoms with van der Waals surface area (Å²) in [6, 6.07) is 14.2. The van der Waals surface area contributed by atoms with Gasteiger partial charge in [-0.05, 0) is 37.1 Å². The van der Waals surface area contributed by atoms with Crippen LogP contribution in [0.1, 0.15) is 35.3 Å². The topological polar surface area (TPSA) is 115 Å². The van der Waals surface area contributed by atoms with Crippen molar-refractivity contribution in [3.05, 3.63) is 65.2 Å². The van der Waals surface area contributed by atoms with Gasteiger partial charge in [0, 0.05) is 46.8 Å². The summed E-state index contributed by atoms with van der Waals surface area (Å²) in [6.45, 7) is 3.57. The molecule has 0 atom stereocenters. The highest BCUT2D eigenvalue weighted by Crippen LogP contribution is 2.30. The van der Waals surface area contributed by atoms with Crippen LogP contribution < -0.4 is 16.2 Å². The molecule has 5 N–H and O–H groups in total. The van der Waals surface area contributed by atoms with E-state index in [4.69, 9.17) is 21.6 Å². The second-order valence-electron chi connectivity index (χ2n) is 6.43. The van der Waals surface area contributed by atoms with Crippen molar-refractivity contribution < 1.29 is 9.53 Å². The highest BCUT2D eigenvalue weighted by molar-refractivity contribution is 5.96. The number of rotatable bonds is 6. The fourth-order valence-electron chi connectivity index (χ4n) is 3.01. The molecule has 3 rings (SSSR count). The third-order valence-electron chi connectivity index (χ3n) is 4.43. The summed E-state index contributed by atoms with van der Waals surface area (Å²) in [4.78, 5) is 16.2. The molecule has 0 spiro atoms. The number of ketones is 1. The van der Waals surface area contributed by atoms with Crippen LogP contribution in [0.3, 0.4) is 0 Å². The molecule has 0 aliphatic heterocycles. The molecule has 6 nitrogen and oxygen atoms in total. The van der Waals surface area contributed by atoms with E-state index < -0.39 is 0 Å². The van der Waals surface area contributed by atoms with E-state index in [-0.39, 0.29) is 5.78 Å². The zero-order valence-corrected chi connectivity index (χ0v) is 15.8. The molecular formula is C22H22N4O2. The van der Waals surface area contributed by atoms with E-state index >= 15 is 0 Å². The molecule has 28 heavy (non-hydrogen) atoms. The van der Waals surface area contributed by atoms with E-state index in [1.54, 1.807) is 37.3 Å². The van der Waals surface area contributed by atoms with Crippen molar-refractivity contribution in [2.75, 3.05) is 11.5 Å². The Kier molecular flexibility index (Phi) is 5.40. The minimum Gasteiger partial charge on any atom is -0.457 e. The third-order valence-corrected chi connectivity index (χ3v) is 4.43. The number of carbonyl (C=O) groups excluding carboxylic acids is 1. The van der Waals surface area contributed by atoms with Crippen LogP contribution in [0, 0.1) is 5.41 Å². The Hall–Kier alpha value is -3.67. The van der Waals surface area contributed by atoms with Gasteiger partial charge in [0.15, 0.2) is 5.78 Å². The second kappa shape index (κ2) is 7.92. The number of aromatic nitrogens is 1. The van der Waals surface area contributed by atoms with Crippen LogP contribution in [0.5, 0.6) is 11.5 Å². The quantitative estimate of drug-likeness (QED) is 0.334. The molecule has 3 aromatic rings. The number of Topliss-reactive ketones (excluding diaryl/α,β-unsaturated/α-hetero) is 1. The second-order valence-corrected chi connectivity index (χ2v) is 6.43. The van der Waals surface area contributed by atoms with E-state index in [0.29, 0.717) is 39.8 Å². The summed E-state index contributed by atoms with van der Waals surface area (Å²) in [6.07, 6.45) is 1.94. The van der Waals surface area contributed by atoms with Crippen LogP contribution >= 0.6 is 0 Å². The first kappa shape index (κ1) is 19.1. The van der Waals surface area contributed by atoms with Gasteiger partial charge in [0.25, 0.3) is 0 Å². The van der Waals surface area contributed by atoms with E-state index in [2.05, 4.69) is 4.98 Å². The van der Waals surface area contributed by atoms with Crippen LogP contribution in [0.25, 0.3) is 11.3 Å². The molecule has 0 aliphatic carbocycles. The van der Waals surface area contributed by atoms with Crippen molar-refractivity contribution in [1.29, 1.82) is 5.41 Å². The maximum Gasteiger partial charge on any atom is 0.160 e. The zero-order valence-electron chi connectivity index (χ0n) is 15.8. The molecule has 0 amide bonds. The Morgan fingerprint density at radius 2 is 1.89 bits per heavy atom. The molecule has 0 aliphatic rings. The monoisotopic (exact) mass is 374 g/mol. The number of benzene rings is 2. The molecule has 0 unspecified atom stereocenters. The number of nitrogens with zero attached hydrogens (tertiary/aromatic N) is 1. The Bertz CT molecular complexity index is 1060. The SMILES string of the molecule is CCc1cc(-c2cc(Oc3ccc(C=N)c(N)c3)cc(N)n2)ccc1C(C)=O. The largest absolute Gasteiger partial charge is 0.457 e. The van der Waals surface area contributed by atoms with Gasteiger partial charge >= 0.3 is 0 Å². The predicted octanol–water partition coefficient (Wildman–Crippen LogP) is 4.47. The standard InChI is InChI=1S/C22H22N4O2/c1-3-14-8-15(5-7-19(14)13(2)27)21-10-18(11-22(25)26-21)28-17-6-4-16(12-23)20(24)9-17/h4-12,23H,3,24H2,1-2H3,(H2,25,26). The highest BCUT2D eigenvalue weighted by atomic mass is 16.5. The maximum absolute atomic E-state index is 11.8. The Morgan fingerprint density at radius 1 is 1.11 bits per heavy atom. The number of aryl methyl sites for hydroxylation is 1. The number of anilines is 2. The number of nitrogens with one attached hydrogen (secondary N) is 1. The van der Waals surface area contributed by atoms with Gasteiger partial charge in [-0.25, -0.2) is 4.98 Å².